The van der Waals surface area contributed by atoms with Gasteiger partial charge in [0.05, 0.1) is 12.1 Å². The standard InChI is InChI=1S/C28H30ClN5O3S/c29-22-8-6-21(7-9-22)27(37)34(24-10-11-24)18-25(35)31-28-30-23(19-38-28)16-26(36)33-14-12-32(13-15-33)17-20-4-2-1-3-5-20/h1-9,19,24H,10-18H2,(H,30,31,35). The Morgan fingerprint density at radius 3 is 2.39 bits per heavy atom. The van der Waals surface area contributed by atoms with E-state index in [9.17, 15) is 14.4 Å². The molecule has 0 atom stereocenters. The summed E-state index contributed by atoms with van der Waals surface area (Å²) in [5, 5.41) is 5.58. The molecule has 1 aromatic heterocycles. The van der Waals surface area contributed by atoms with E-state index in [1.807, 2.05) is 23.1 Å². The molecule has 0 radical (unpaired) electrons. The zero-order valence-electron chi connectivity index (χ0n) is 21.0. The number of amides is 3. The molecule has 2 aliphatic rings. The summed E-state index contributed by atoms with van der Waals surface area (Å²) < 4.78 is 0. The molecule has 2 heterocycles. The lowest BCUT2D eigenvalue weighted by atomic mass is 10.2. The van der Waals surface area contributed by atoms with Crippen LogP contribution in [-0.4, -0.2) is 76.2 Å². The van der Waals surface area contributed by atoms with Gasteiger partial charge in [0.15, 0.2) is 5.13 Å². The lowest BCUT2D eigenvalue weighted by molar-refractivity contribution is -0.132. The normalized spacial score (nSPS) is 15.8. The summed E-state index contributed by atoms with van der Waals surface area (Å²) in [7, 11) is 0. The molecule has 3 amide bonds. The van der Waals surface area contributed by atoms with E-state index in [0.717, 1.165) is 32.5 Å². The molecule has 0 unspecified atom stereocenters. The van der Waals surface area contributed by atoms with Crippen LogP contribution >= 0.6 is 22.9 Å². The Morgan fingerprint density at radius 2 is 1.71 bits per heavy atom. The van der Waals surface area contributed by atoms with E-state index in [0.29, 0.717) is 34.5 Å². The molecule has 1 aliphatic carbocycles. The highest BCUT2D eigenvalue weighted by molar-refractivity contribution is 7.13. The van der Waals surface area contributed by atoms with Crippen molar-refractivity contribution in [3.05, 3.63) is 81.8 Å². The lowest BCUT2D eigenvalue weighted by Gasteiger charge is -2.34. The molecule has 1 N–H and O–H groups in total. The second-order valence-corrected chi connectivity index (χ2v) is 11.0. The molecule has 10 heteroatoms. The van der Waals surface area contributed by atoms with Gasteiger partial charge in [-0.2, -0.15) is 0 Å². The van der Waals surface area contributed by atoms with Crippen molar-refractivity contribution in [1.82, 2.24) is 19.7 Å². The molecular weight excluding hydrogens is 522 g/mol. The monoisotopic (exact) mass is 551 g/mol. The maximum atomic E-state index is 13.0. The minimum absolute atomic E-state index is 0.0426. The van der Waals surface area contributed by atoms with Gasteiger partial charge in [-0.05, 0) is 42.7 Å². The van der Waals surface area contributed by atoms with Crippen LogP contribution in [0, 0.1) is 0 Å². The molecular formula is C28H30ClN5O3S. The molecule has 0 spiro atoms. The highest BCUT2D eigenvalue weighted by atomic mass is 35.5. The van der Waals surface area contributed by atoms with Gasteiger partial charge in [0.1, 0.15) is 6.54 Å². The fourth-order valence-corrected chi connectivity index (χ4v) is 5.39. The highest BCUT2D eigenvalue weighted by Gasteiger charge is 2.34. The zero-order valence-corrected chi connectivity index (χ0v) is 22.6. The fourth-order valence-electron chi connectivity index (χ4n) is 4.53. The minimum atomic E-state index is -0.305. The third-order valence-electron chi connectivity index (χ3n) is 6.76. The molecule has 1 saturated heterocycles. The lowest BCUT2D eigenvalue weighted by Crippen LogP contribution is -2.48. The summed E-state index contributed by atoms with van der Waals surface area (Å²) >= 11 is 7.22. The molecule has 0 bridgehead atoms. The maximum absolute atomic E-state index is 13.0. The van der Waals surface area contributed by atoms with Gasteiger partial charge in [0.25, 0.3) is 5.91 Å². The molecule has 198 valence electrons. The molecule has 38 heavy (non-hydrogen) atoms. The van der Waals surface area contributed by atoms with E-state index in [2.05, 4.69) is 27.3 Å². The van der Waals surface area contributed by atoms with Crippen LogP contribution in [0.4, 0.5) is 5.13 Å². The Bertz CT molecular complexity index is 1270. The van der Waals surface area contributed by atoms with Crippen molar-refractivity contribution in [2.45, 2.75) is 31.8 Å². The molecule has 8 nitrogen and oxygen atoms in total. The van der Waals surface area contributed by atoms with Crippen LogP contribution in [-0.2, 0) is 22.6 Å². The Kier molecular flexibility index (Phi) is 8.36. The van der Waals surface area contributed by atoms with Crippen molar-refractivity contribution in [2.75, 3.05) is 38.0 Å². The molecule has 2 fully saturated rings. The predicted octanol–water partition coefficient (Wildman–Crippen LogP) is 3.93. The molecule has 5 rings (SSSR count). The van der Waals surface area contributed by atoms with Crippen LogP contribution in [0.3, 0.4) is 0 Å². The molecule has 2 aromatic carbocycles. The van der Waals surface area contributed by atoms with Gasteiger partial charge in [0.2, 0.25) is 11.8 Å². The number of carbonyl (C=O) groups is 3. The van der Waals surface area contributed by atoms with Crippen molar-refractivity contribution >= 4 is 45.8 Å². The molecule has 1 aliphatic heterocycles. The zero-order chi connectivity index (χ0) is 26.5. The van der Waals surface area contributed by atoms with E-state index in [1.54, 1.807) is 34.5 Å². The van der Waals surface area contributed by atoms with E-state index in [-0.39, 0.29) is 36.7 Å². The summed E-state index contributed by atoms with van der Waals surface area (Å²) in [6.07, 6.45) is 1.97. The maximum Gasteiger partial charge on any atom is 0.254 e. The largest absolute Gasteiger partial charge is 0.340 e. The first-order valence-electron chi connectivity index (χ1n) is 12.8. The number of carbonyl (C=O) groups excluding carboxylic acids is 3. The van der Waals surface area contributed by atoms with Crippen molar-refractivity contribution in [2.24, 2.45) is 0 Å². The predicted molar refractivity (Wildman–Crippen MR) is 148 cm³/mol. The van der Waals surface area contributed by atoms with Crippen LogP contribution in [0.2, 0.25) is 5.02 Å². The third kappa shape index (κ3) is 6.98. The highest BCUT2D eigenvalue weighted by Crippen LogP contribution is 2.28. The second kappa shape index (κ2) is 12.1. The van der Waals surface area contributed by atoms with E-state index in [1.165, 1.54) is 16.9 Å². The number of rotatable bonds is 9. The SMILES string of the molecule is O=C(CN(C(=O)c1ccc(Cl)cc1)C1CC1)Nc1nc(CC(=O)N2CCN(Cc3ccccc3)CC2)cs1. The Hall–Kier alpha value is -3.27. The first kappa shape index (κ1) is 26.3. The van der Waals surface area contributed by atoms with Crippen LogP contribution < -0.4 is 5.32 Å². The van der Waals surface area contributed by atoms with Gasteiger partial charge in [-0.1, -0.05) is 41.9 Å². The van der Waals surface area contributed by atoms with Gasteiger partial charge < -0.3 is 15.1 Å². The first-order valence-corrected chi connectivity index (χ1v) is 14.1. The van der Waals surface area contributed by atoms with Crippen molar-refractivity contribution in [3.8, 4) is 0 Å². The third-order valence-corrected chi connectivity index (χ3v) is 7.82. The number of halogens is 1. The van der Waals surface area contributed by atoms with E-state index in [4.69, 9.17) is 11.6 Å². The fraction of sp³-hybridized carbons (Fsp3) is 0.357. The topological polar surface area (TPSA) is 85.8 Å². The van der Waals surface area contributed by atoms with Crippen LogP contribution in [0.25, 0.3) is 0 Å². The van der Waals surface area contributed by atoms with Gasteiger partial charge in [-0.25, -0.2) is 4.98 Å². The van der Waals surface area contributed by atoms with E-state index < -0.39 is 0 Å². The van der Waals surface area contributed by atoms with Crippen LogP contribution in [0.5, 0.6) is 0 Å². The number of anilines is 1. The number of benzene rings is 2. The number of nitrogens with one attached hydrogen (secondary N) is 1. The summed E-state index contributed by atoms with van der Waals surface area (Å²) in [5.74, 6) is -0.449. The Balaban J connectivity index is 1.09. The Labute approximate surface area is 231 Å². The van der Waals surface area contributed by atoms with Gasteiger partial charge in [0, 0.05) is 54.7 Å². The van der Waals surface area contributed by atoms with Gasteiger partial charge >= 0.3 is 0 Å². The Morgan fingerprint density at radius 1 is 1.00 bits per heavy atom. The minimum Gasteiger partial charge on any atom is -0.340 e. The summed E-state index contributed by atoms with van der Waals surface area (Å²) in [5.41, 5.74) is 2.42. The quantitative estimate of drug-likeness (QED) is 0.435. The van der Waals surface area contributed by atoms with Gasteiger partial charge in [-0.15, -0.1) is 11.3 Å². The van der Waals surface area contributed by atoms with Crippen LogP contribution in [0.1, 0.15) is 34.5 Å². The van der Waals surface area contributed by atoms with Crippen LogP contribution in [0.15, 0.2) is 60.0 Å². The first-order chi connectivity index (χ1) is 18.4. The number of piperazine rings is 1. The smallest absolute Gasteiger partial charge is 0.254 e. The summed E-state index contributed by atoms with van der Waals surface area (Å²) in [4.78, 5) is 48.9. The molecule has 3 aromatic rings. The number of aromatic nitrogens is 1. The molecule has 1 saturated carbocycles. The second-order valence-electron chi connectivity index (χ2n) is 9.68. The average molecular weight is 552 g/mol. The van der Waals surface area contributed by atoms with Crippen molar-refractivity contribution in [1.29, 1.82) is 0 Å². The summed E-state index contributed by atoms with van der Waals surface area (Å²) in [6, 6.07) is 17.1. The number of hydrogen-bond acceptors (Lipinski definition) is 6. The number of hydrogen-bond donors (Lipinski definition) is 1. The van der Waals surface area contributed by atoms with Crippen molar-refractivity contribution < 1.29 is 14.4 Å². The average Bonchev–Trinajstić information content (AvgIpc) is 3.68. The van der Waals surface area contributed by atoms with Crippen molar-refractivity contribution in [3.63, 3.8) is 0 Å². The number of nitrogens with zero attached hydrogens (tertiary/aromatic N) is 4. The van der Waals surface area contributed by atoms with Gasteiger partial charge in [-0.3, -0.25) is 19.3 Å². The summed E-state index contributed by atoms with van der Waals surface area (Å²) in [6.45, 7) is 3.90. The number of thiazole rings is 1. The van der Waals surface area contributed by atoms with E-state index >= 15 is 0 Å².